The Hall–Kier alpha value is -1.39. The number of hydrogen-bond acceptors (Lipinski definition) is 3. The molecule has 0 N–H and O–H groups in total. The number of carbonyl (C=O) groups is 1. The van der Waals surface area contributed by atoms with Crippen molar-refractivity contribution in [1.29, 1.82) is 0 Å². The smallest absolute Gasteiger partial charge is 0.222 e. The molecule has 2 aliphatic rings. The summed E-state index contributed by atoms with van der Waals surface area (Å²) in [6.07, 6.45) is 4.74. The predicted octanol–water partition coefficient (Wildman–Crippen LogP) is 3.05. The van der Waals surface area contributed by atoms with Crippen molar-refractivity contribution < 1.29 is 14.3 Å². The second kappa shape index (κ2) is 8.13. The van der Waals surface area contributed by atoms with Gasteiger partial charge >= 0.3 is 0 Å². The molecular formula is C20H29NO3. The zero-order valence-corrected chi connectivity index (χ0v) is 14.7. The molecule has 24 heavy (non-hydrogen) atoms. The Bertz CT molecular complexity index is 533. The maximum atomic E-state index is 12.7. The Labute approximate surface area is 145 Å². The van der Waals surface area contributed by atoms with Crippen LogP contribution in [0.15, 0.2) is 30.3 Å². The zero-order valence-electron chi connectivity index (χ0n) is 14.7. The quantitative estimate of drug-likeness (QED) is 0.804. The summed E-state index contributed by atoms with van der Waals surface area (Å²) in [5.41, 5.74) is 1.22. The highest BCUT2D eigenvalue weighted by Crippen LogP contribution is 2.40. The molecular weight excluding hydrogens is 302 g/mol. The van der Waals surface area contributed by atoms with Crippen LogP contribution < -0.4 is 0 Å². The highest BCUT2D eigenvalue weighted by atomic mass is 16.5. The van der Waals surface area contributed by atoms with Crippen LogP contribution >= 0.6 is 0 Å². The van der Waals surface area contributed by atoms with Gasteiger partial charge in [0.05, 0.1) is 12.7 Å². The summed E-state index contributed by atoms with van der Waals surface area (Å²) in [6.45, 7) is 5.89. The van der Waals surface area contributed by atoms with Crippen LogP contribution in [0.5, 0.6) is 0 Å². The summed E-state index contributed by atoms with van der Waals surface area (Å²) in [6, 6.07) is 10.2. The molecule has 2 atom stereocenters. The van der Waals surface area contributed by atoms with Gasteiger partial charge in [0, 0.05) is 38.1 Å². The van der Waals surface area contributed by atoms with Crippen LogP contribution in [0, 0.1) is 5.41 Å². The van der Waals surface area contributed by atoms with Crippen LogP contribution in [0.25, 0.3) is 0 Å². The molecule has 132 valence electrons. The van der Waals surface area contributed by atoms with Gasteiger partial charge in [-0.25, -0.2) is 0 Å². The number of aryl methyl sites for hydroxylation is 1. The topological polar surface area (TPSA) is 38.8 Å². The number of likely N-dealkylation sites (tertiary alicyclic amines) is 1. The molecule has 4 nitrogen and oxygen atoms in total. The fourth-order valence-electron chi connectivity index (χ4n) is 4.07. The molecule has 1 amide bonds. The maximum absolute atomic E-state index is 12.7. The van der Waals surface area contributed by atoms with Gasteiger partial charge in [-0.05, 0) is 38.2 Å². The van der Waals surface area contributed by atoms with E-state index in [-0.39, 0.29) is 17.4 Å². The van der Waals surface area contributed by atoms with Crippen LogP contribution in [0.2, 0.25) is 0 Å². The summed E-state index contributed by atoms with van der Waals surface area (Å²) >= 11 is 0. The molecule has 3 rings (SSSR count). The summed E-state index contributed by atoms with van der Waals surface area (Å²) < 4.78 is 11.8. The molecule has 2 aliphatic heterocycles. The Balaban J connectivity index is 1.60. The van der Waals surface area contributed by atoms with Crippen molar-refractivity contribution in [1.82, 2.24) is 4.90 Å². The van der Waals surface area contributed by atoms with E-state index in [1.54, 1.807) is 0 Å². The number of rotatable bonds is 6. The molecule has 0 radical (unpaired) electrons. The number of benzene rings is 1. The zero-order chi connectivity index (χ0) is 16.8. The van der Waals surface area contributed by atoms with Crippen molar-refractivity contribution in [3.05, 3.63) is 35.9 Å². The van der Waals surface area contributed by atoms with Crippen LogP contribution in [0.3, 0.4) is 0 Å². The van der Waals surface area contributed by atoms with Crippen molar-refractivity contribution >= 4 is 5.91 Å². The third-order valence-corrected chi connectivity index (χ3v) is 5.40. The largest absolute Gasteiger partial charge is 0.381 e. The summed E-state index contributed by atoms with van der Waals surface area (Å²) in [4.78, 5) is 14.8. The first-order chi connectivity index (χ1) is 11.7. The lowest BCUT2D eigenvalue weighted by Gasteiger charge is -2.50. The fourth-order valence-corrected chi connectivity index (χ4v) is 4.07. The molecule has 0 aromatic heterocycles. The van der Waals surface area contributed by atoms with Crippen LogP contribution in [0.4, 0.5) is 0 Å². The molecule has 0 bridgehead atoms. The summed E-state index contributed by atoms with van der Waals surface area (Å²) in [5.74, 6) is 0.263. The van der Waals surface area contributed by atoms with E-state index in [4.69, 9.17) is 9.47 Å². The van der Waals surface area contributed by atoms with E-state index in [1.807, 2.05) is 30.0 Å². The predicted molar refractivity (Wildman–Crippen MR) is 93.9 cm³/mol. The van der Waals surface area contributed by atoms with Crippen molar-refractivity contribution in [3.63, 3.8) is 0 Å². The van der Waals surface area contributed by atoms with E-state index in [1.165, 1.54) is 5.56 Å². The monoisotopic (exact) mass is 331 g/mol. The highest BCUT2D eigenvalue weighted by molar-refractivity contribution is 5.76. The highest BCUT2D eigenvalue weighted by Gasteiger charge is 2.46. The van der Waals surface area contributed by atoms with E-state index < -0.39 is 0 Å². The second-order valence-electron chi connectivity index (χ2n) is 7.05. The molecule has 0 spiro atoms. The Morgan fingerprint density at radius 3 is 3.00 bits per heavy atom. The summed E-state index contributed by atoms with van der Waals surface area (Å²) in [5, 5.41) is 0. The molecule has 1 aromatic carbocycles. The molecule has 0 unspecified atom stereocenters. The van der Waals surface area contributed by atoms with Crippen LogP contribution in [-0.4, -0.2) is 49.8 Å². The van der Waals surface area contributed by atoms with Gasteiger partial charge in [-0.1, -0.05) is 30.3 Å². The Morgan fingerprint density at radius 1 is 1.38 bits per heavy atom. The van der Waals surface area contributed by atoms with E-state index in [9.17, 15) is 4.79 Å². The number of amides is 1. The van der Waals surface area contributed by atoms with Crippen molar-refractivity contribution in [2.75, 3.05) is 32.9 Å². The Kier molecular flexibility index (Phi) is 5.90. The molecule has 0 aliphatic carbocycles. The number of fused-ring (bicyclic) bond motifs is 1. The average Bonchev–Trinajstić information content (AvgIpc) is 2.65. The molecule has 4 heteroatoms. The lowest BCUT2D eigenvalue weighted by Crippen LogP contribution is -2.58. The van der Waals surface area contributed by atoms with E-state index in [0.717, 1.165) is 52.0 Å². The molecule has 0 saturated carbocycles. The van der Waals surface area contributed by atoms with Crippen molar-refractivity contribution in [2.45, 2.75) is 45.1 Å². The van der Waals surface area contributed by atoms with Gasteiger partial charge in [0.1, 0.15) is 0 Å². The van der Waals surface area contributed by atoms with Crippen molar-refractivity contribution in [2.24, 2.45) is 5.41 Å². The van der Waals surface area contributed by atoms with Gasteiger partial charge in [0.2, 0.25) is 5.91 Å². The molecule has 2 saturated heterocycles. The maximum Gasteiger partial charge on any atom is 0.222 e. The normalized spacial score (nSPS) is 26.9. The SMILES string of the molecule is CCOC[C@]12CCCO[C@H]1CCN(C(=O)CCc1ccccc1)C2. The van der Waals surface area contributed by atoms with Gasteiger partial charge in [-0.15, -0.1) is 0 Å². The van der Waals surface area contributed by atoms with Crippen molar-refractivity contribution in [3.8, 4) is 0 Å². The number of ether oxygens (including phenoxy) is 2. The van der Waals surface area contributed by atoms with E-state index in [0.29, 0.717) is 13.0 Å². The van der Waals surface area contributed by atoms with Gasteiger partial charge in [-0.2, -0.15) is 0 Å². The average molecular weight is 331 g/mol. The molecule has 2 heterocycles. The minimum Gasteiger partial charge on any atom is -0.381 e. The number of carbonyl (C=O) groups excluding carboxylic acids is 1. The minimum absolute atomic E-state index is 0.00504. The first-order valence-electron chi connectivity index (χ1n) is 9.24. The molecule has 1 aromatic rings. The van der Waals surface area contributed by atoms with E-state index in [2.05, 4.69) is 12.1 Å². The minimum atomic E-state index is -0.00504. The van der Waals surface area contributed by atoms with Crippen LogP contribution in [0.1, 0.15) is 38.2 Å². The van der Waals surface area contributed by atoms with Gasteiger partial charge in [-0.3, -0.25) is 4.79 Å². The number of nitrogens with zero attached hydrogens (tertiary/aromatic N) is 1. The first-order valence-corrected chi connectivity index (χ1v) is 9.24. The van der Waals surface area contributed by atoms with Gasteiger partial charge < -0.3 is 14.4 Å². The lowest BCUT2D eigenvalue weighted by atomic mass is 9.73. The van der Waals surface area contributed by atoms with Gasteiger partial charge in [0.25, 0.3) is 0 Å². The molecule has 2 fully saturated rings. The lowest BCUT2D eigenvalue weighted by molar-refractivity contribution is -0.164. The first kappa shape index (κ1) is 17.4. The standard InChI is InChI=1S/C20H29NO3/c1-2-23-16-20-12-6-14-24-18(20)11-13-21(15-20)19(22)10-9-17-7-4-3-5-8-17/h3-5,7-8,18H,2,6,9-16H2,1H3/t18-,20+/m0/s1. The van der Waals surface area contributed by atoms with Gasteiger partial charge in [0.15, 0.2) is 0 Å². The van der Waals surface area contributed by atoms with Crippen LogP contribution in [-0.2, 0) is 20.7 Å². The van der Waals surface area contributed by atoms with E-state index >= 15 is 0 Å². The Morgan fingerprint density at radius 2 is 2.21 bits per heavy atom. The second-order valence-corrected chi connectivity index (χ2v) is 7.05. The fraction of sp³-hybridized carbons (Fsp3) is 0.650. The number of hydrogen-bond donors (Lipinski definition) is 0. The summed E-state index contributed by atoms with van der Waals surface area (Å²) in [7, 11) is 0. The number of piperidine rings is 1. The third-order valence-electron chi connectivity index (χ3n) is 5.40. The third kappa shape index (κ3) is 3.98.